The maximum atomic E-state index is 12.3. The molecule has 2 aromatic rings. The Balaban J connectivity index is 1.78. The Kier molecular flexibility index (Phi) is 4.74. The highest BCUT2D eigenvalue weighted by atomic mass is 32.1. The fourth-order valence-electron chi connectivity index (χ4n) is 2.92. The molecule has 1 aromatic heterocycles. The molecule has 1 saturated carbocycles. The summed E-state index contributed by atoms with van der Waals surface area (Å²) in [7, 11) is 0. The molecule has 1 fully saturated rings. The van der Waals surface area contributed by atoms with Gasteiger partial charge in [-0.3, -0.25) is 4.79 Å². The molecule has 1 aliphatic carbocycles. The lowest BCUT2D eigenvalue weighted by atomic mass is 10.1. The largest absolute Gasteiger partial charge is 0.352 e. The maximum absolute atomic E-state index is 12.3. The van der Waals surface area contributed by atoms with Crippen LogP contribution in [0.25, 0.3) is 11.3 Å². The first-order valence-corrected chi connectivity index (χ1v) is 8.97. The van der Waals surface area contributed by atoms with Crippen LogP contribution in [0.1, 0.15) is 31.2 Å². The van der Waals surface area contributed by atoms with Crippen LogP contribution in [-0.4, -0.2) is 16.5 Å². The molecule has 0 bridgehead atoms. The third-order valence-corrected chi connectivity index (χ3v) is 5.42. The van der Waals surface area contributed by atoms with Crippen LogP contribution >= 0.6 is 23.6 Å². The monoisotopic (exact) mass is 332 g/mol. The van der Waals surface area contributed by atoms with Crippen LogP contribution in [0, 0.1) is 10.9 Å². The van der Waals surface area contributed by atoms with E-state index in [1.807, 2.05) is 9.95 Å². The lowest BCUT2D eigenvalue weighted by Gasteiger charge is -2.14. The van der Waals surface area contributed by atoms with E-state index >= 15 is 0 Å². The lowest BCUT2D eigenvalue weighted by molar-refractivity contribution is -0.122. The molecule has 1 N–H and O–H groups in total. The third-order valence-electron chi connectivity index (χ3n) is 4.15. The number of hydrogen-bond donors (Lipinski definition) is 1. The lowest BCUT2D eigenvalue weighted by Crippen LogP contribution is -2.35. The number of aryl methyl sites for hydroxylation is 1. The van der Waals surface area contributed by atoms with Gasteiger partial charge in [-0.25, -0.2) is 0 Å². The zero-order valence-electron chi connectivity index (χ0n) is 12.7. The quantitative estimate of drug-likeness (QED) is 0.846. The summed E-state index contributed by atoms with van der Waals surface area (Å²) in [5.74, 6) is 0.0646. The van der Waals surface area contributed by atoms with Gasteiger partial charge < -0.3 is 9.88 Å². The zero-order valence-corrected chi connectivity index (χ0v) is 14.3. The van der Waals surface area contributed by atoms with Crippen molar-refractivity contribution in [2.75, 3.05) is 0 Å². The van der Waals surface area contributed by atoms with Gasteiger partial charge in [-0.05, 0) is 37.5 Å². The molecule has 0 spiro atoms. The number of nitrogens with zero attached hydrogens (tertiary/aromatic N) is 1. The Bertz CT molecular complexity index is 709. The molecule has 0 unspecified atom stereocenters. The van der Waals surface area contributed by atoms with Gasteiger partial charge in [0.05, 0.1) is 5.69 Å². The highest BCUT2D eigenvalue weighted by Gasteiger charge is 2.18. The van der Waals surface area contributed by atoms with Crippen LogP contribution in [0.15, 0.2) is 29.6 Å². The smallest absolute Gasteiger partial charge is 0.240 e. The minimum atomic E-state index is 0.0646. The number of rotatable bonds is 4. The number of benzene rings is 1. The summed E-state index contributed by atoms with van der Waals surface area (Å²) in [5.41, 5.74) is 3.35. The summed E-state index contributed by atoms with van der Waals surface area (Å²) < 4.78 is 2.69. The second-order valence-corrected chi connectivity index (χ2v) is 7.39. The first kappa shape index (κ1) is 15.4. The standard InChI is InChI=1S/C17H20N2OS2/c1-12-6-8-13(9-7-12)15-11-22-17(21)19(15)10-16(20)18-14-4-2-3-5-14/h6-9,11,14H,2-5,10H2,1H3,(H,18,20). The molecule has 1 amide bonds. The Morgan fingerprint density at radius 1 is 1.32 bits per heavy atom. The normalized spacial score (nSPS) is 15.1. The molecule has 22 heavy (non-hydrogen) atoms. The van der Waals surface area contributed by atoms with Crippen molar-refractivity contribution in [1.82, 2.24) is 9.88 Å². The van der Waals surface area contributed by atoms with E-state index < -0.39 is 0 Å². The Morgan fingerprint density at radius 3 is 2.68 bits per heavy atom. The SMILES string of the molecule is Cc1ccc(-c2csc(=S)n2CC(=O)NC2CCCC2)cc1. The number of hydrogen-bond acceptors (Lipinski definition) is 3. The van der Waals surface area contributed by atoms with Crippen molar-refractivity contribution in [2.24, 2.45) is 0 Å². The number of aromatic nitrogens is 1. The van der Waals surface area contributed by atoms with Gasteiger partial charge in [0.25, 0.3) is 0 Å². The van der Waals surface area contributed by atoms with E-state index in [0.29, 0.717) is 12.6 Å². The Morgan fingerprint density at radius 2 is 2.00 bits per heavy atom. The van der Waals surface area contributed by atoms with Crippen LogP contribution in [0.4, 0.5) is 0 Å². The zero-order chi connectivity index (χ0) is 15.5. The van der Waals surface area contributed by atoms with Gasteiger partial charge in [0, 0.05) is 11.4 Å². The van der Waals surface area contributed by atoms with Gasteiger partial charge in [0.2, 0.25) is 5.91 Å². The van der Waals surface area contributed by atoms with Gasteiger partial charge in [-0.2, -0.15) is 0 Å². The maximum Gasteiger partial charge on any atom is 0.240 e. The van der Waals surface area contributed by atoms with Crippen molar-refractivity contribution in [3.63, 3.8) is 0 Å². The van der Waals surface area contributed by atoms with Crippen molar-refractivity contribution in [1.29, 1.82) is 0 Å². The predicted molar refractivity (Wildman–Crippen MR) is 93.7 cm³/mol. The second kappa shape index (κ2) is 6.75. The van der Waals surface area contributed by atoms with Crippen LogP contribution in [0.5, 0.6) is 0 Å². The first-order valence-electron chi connectivity index (χ1n) is 7.68. The van der Waals surface area contributed by atoms with Crippen LogP contribution < -0.4 is 5.32 Å². The van der Waals surface area contributed by atoms with Crippen molar-refractivity contribution >= 4 is 29.5 Å². The molecule has 1 heterocycles. The van der Waals surface area contributed by atoms with Crippen molar-refractivity contribution < 1.29 is 4.79 Å². The van der Waals surface area contributed by atoms with Gasteiger partial charge in [0.1, 0.15) is 6.54 Å². The second-order valence-electron chi connectivity index (χ2n) is 5.89. The number of amides is 1. The first-order chi connectivity index (χ1) is 10.6. The Hall–Kier alpha value is -1.46. The number of thiazole rings is 1. The van der Waals surface area contributed by atoms with Gasteiger partial charge in [-0.15, -0.1) is 11.3 Å². The number of nitrogens with one attached hydrogen (secondary N) is 1. The highest BCUT2D eigenvalue weighted by Crippen LogP contribution is 2.24. The van der Waals surface area contributed by atoms with E-state index in [0.717, 1.165) is 28.1 Å². The van der Waals surface area contributed by atoms with E-state index in [1.54, 1.807) is 0 Å². The van der Waals surface area contributed by atoms with Gasteiger partial charge in [-0.1, -0.05) is 42.7 Å². The molecule has 3 nitrogen and oxygen atoms in total. The van der Waals surface area contributed by atoms with Crippen LogP contribution in [0.3, 0.4) is 0 Å². The fraction of sp³-hybridized carbons (Fsp3) is 0.412. The number of carbonyl (C=O) groups excluding carboxylic acids is 1. The van der Waals surface area contributed by atoms with E-state index in [4.69, 9.17) is 12.2 Å². The molecular weight excluding hydrogens is 312 g/mol. The average molecular weight is 332 g/mol. The van der Waals surface area contributed by atoms with E-state index in [1.165, 1.54) is 29.7 Å². The highest BCUT2D eigenvalue weighted by molar-refractivity contribution is 7.73. The molecule has 0 saturated heterocycles. The summed E-state index contributed by atoms with van der Waals surface area (Å²) in [6, 6.07) is 8.68. The van der Waals surface area contributed by atoms with Crippen molar-refractivity contribution in [2.45, 2.75) is 45.2 Å². The Labute approximate surface area is 140 Å². The van der Waals surface area contributed by atoms with Crippen LogP contribution in [0.2, 0.25) is 0 Å². The van der Waals surface area contributed by atoms with E-state index in [9.17, 15) is 4.79 Å². The topological polar surface area (TPSA) is 34.0 Å². The fourth-order valence-corrected chi connectivity index (χ4v) is 3.99. The summed E-state index contributed by atoms with van der Waals surface area (Å²) in [5, 5.41) is 5.17. The minimum absolute atomic E-state index is 0.0646. The summed E-state index contributed by atoms with van der Waals surface area (Å²) in [4.78, 5) is 12.3. The molecular formula is C17H20N2OS2. The molecule has 0 radical (unpaired) electrons. The van der Waals surface area contributed by atoms with Crippen LogP contribution in [-0.2, 0) is 11.3 Å². The van der Waals surface area contributed by atoms with Crippen molar-refractivity contribution in [3.05, 3.63) is 39.2 Å². The van der Waals surface area contributed by atoms with Gasteiger partial charge in [0.15, 0.2) is 3.95 Å². The van der Waals surface area contributed by atoms with E-state index in [-0.39, 0.29) is 5.91 Å². The molecule has 3 rings (SSSR count). The third kappa shape index (κ3) is 3.47. The molecule has 0 atom stereocenters. The molecule has 5 heteroatoms. The van der Waals surface area contributed by atoms with E-state index in [2.05, 4.69) is 36.5 Å². The number of carbonyl (C=O) groups is 1. The summed E-state index contributed by atoms with van der Waals surface area (Å²) in [6.07, 6.45) is 4.64. The van der Waals surface area contributed by atoms with Crippen molar-refractivity contribution in [3.8, 4) is 11.3 Å². The minimum Gasteiger partial charge on any atom is -0.352 e. The average Bonchev–Trinajstić information content (AvgIpc) is 3.11. The molecule has 0 aliphatic heterocycles. The summed E-state index contributed by atoms with van der Waals surface area (Å²) in [6.45, 7) is 2.38. The predicted octanol–water partition coefficient (Wildman–Crippen LogP) is 4.31. The molecule has 1 aromatic carbocycles. The summed E-state index contributed by atoms with van der Waals surface area (Å²) >= 11 is 6.91. The molecule has 116 valence electrons. The van der Waals surface area contributed by atoms with Gasteiger partial charge >= 0.3 is 0 Å². The molecule has 1 aliphatic rings.